The second-order valence-corrected chi connectivity index (χ2v) is 3.21. The summed E-state index contributed by atoms with van der Waals surface area (Å²) in [7, 11) is 0. The van der Waals surface area contributed by atoms with Gasteiger partial charge < -0.3 is 9.47 Å². The van der Waals surface area contributed by atoms with Gasteiger partial charge in [0.05, 0.1) is 13.2 Å². The lowest BCUT2D eigenvalue weighted by Crippen LogP contribution is -2.32. The van der Waals surface area contributed by atoms with Gasteiger partial charge in [-0.1, -0.05) is 13.8 Å². The molecule has 0 aliphatic carbocycles. The molecule has 76 valence electrons. The summed E-state index contributed by atoms with van der Waals surface area (Å²) in [6.45, 7) is 6.50. The van der Waals surface area contributed by atoms with Gasteiger partial charge in [-0.2, -0.15) is 0 Å². The molecule has 0 aromatic rings. The number of hydrogen-bond acceptors (Lipinski definition) is 4. The van der Waals surface area contributed by atoms with Gasteiger partial charge in [-0.15, -0.1) is 0 Å². The molecule has 0 radical (unpaired) electrons. The number of carbonyl (C=O) groups excluding carboxylic acids is 1. The predicted octanol–water partition coefficient (Wildman–Crippen LogP) is 1.69. The maximum absolute atomic E-state index is 10.9. The number of amides is 1. The molecule has 1 N–H and O–H groups in total. The van der Waals surface area contributed by atoms with E-state index in [1.807, 2.05) is 13.8 Å². The first kappa shape index (κ1) is 12.2. The Kier molecular flexibility index (Phi) is 6.22. The van der Waals surface area contributed by atoms with Gasteiger partial charge in [0.25, 0.3) is 5.17 Å². The van der Waals surface area contributed by atoms with Crippen molar-refractivity contribution in [1.29, 1.82) is 0 Å². The highest BCUT2D eigenvalue weighted by Gasteiger charge is 2.06. The van der Waals surface area contributed by atoms with Crippen LogP contribution in [0.15, 0.2) is 0 Å². The highest BCUT2D eigenvalue weighted by Crippen LogP contribution is 1.92. The monoisotopic (exact) mass is 205 g/mol. The van der Waals surface area contributed by atoms with Crippen molar-refractivity contribution in [2.24, 2.45) is 5.92 Å². The van der Waals surface area contributed by atoms with E-state index in [4.69, 9.17) is 9.47 Å². The molecule has 4 nitrogen and oxygen atoms in total. The molecule has 0 spiro atoms. The predicted molar refractivity (Wildman–Crippen MR) is 53.5 cm³/mol. The molecule has 0 unspecified atom stereocenters. The van der Waals surface area contributed by atoms with Crippen LogP contribution in [0.25, 0.3) is 0 Å². The summed E-state index contributed by atoms with van der Waals surface area (Å²) in [5.74, 6) is 0.311. The molecule has 0 saturated heterocycles. The van der Waals surface area contributed by atoms with Gasteiger partial charge in [0.15, 0.2) is 0 Å². The Labute approximate surface area is 83.6 Å². The van der Waals surface area contributed by atoms with Gasteiger partial charge in [-0.05, 0) is 25.1 Å². The van der Waals surface area contributed by atoms with Crippen molar-refractivity contribution in [2.45, 2.75) is 20.8 Å². The Morgan fingerprint density at radius 3 is 2.54 bits per heavy atom. The Bertz CT molecular complexity index is 182. The lowest BCUT2D eigenvalue weighted by atomic mass is 10.2. The molecule has 0 aromatic heterocycles. The van der Waals surface area contributed by atoms with E-state index in [1.165, 1.54) is 0 Å². The van der Waals surface area contributed by atoms with Crippen LogP contribution in [-0.2, 0) is 9.47 Å². The van der Waals surface area contributed by atoms with Crippen LogP contribution in [0.1, 0.15) is 20.8 Å². The van der Waals surface area contributed by atoms with Crippen LogP contribution in [0, 0.1) is 5.92 Å². The first-order valence-electron chi connectivity index (χ1n) is 4.16. The van der Waals surface area contributed by atoms with Crippen LogP contribution in [-0.4, -0.2) is 24.5 Å². The van der Waals surface area contributed by atoms with Gasteiger partial charge in [0.2, 0.25) is 0 Å². The summed E-state index contributed by atoms with van der Waals surface area (Å²) < 4.78 is 9.64. The number of thiocarbonyl (C=S) groups is 1. The van der Waals surface area contributed by atoms with Crippen molar-refractivity contribution < 1.29 is 14.3 Å². The molecule has 0 atom stereocenters. The zero-order valence-electron chi connectivity index (χ0n) is 8.12. The molecule has 0 aromatic carbocycles. The minimum Gasteiger partial charge on any atom is -0.471 e. The molecule has 1 amide bonds. The third kappa shape index (κ3) is 7.52. The summed E-state index contributed by atoms with van der Waals surface area (Å²) in [5.41, 5.74) is 0. The minimum atomic E-state index is -0.563. The number of rotatable bonds is 3. The second-order valence-electron chi connectivity index (χ2n) is 2.84. The summed E-state index contributed by atoms with van der Waals surface area (Å²) >= 11 is 4.68. The van der Waals surface area contributed by atoms with Crippen LogP contribution in [0.2, 0.25) is 0 Å². The molecule has 0 aliphatic rings. The van der Waals surface area contributed by atoms with E-state index in [1.54, 1.807) is 6.92 Å². The fourth-order valence-electron chi connectivity index (χ4n) is 0.529. The molecule has 0 aliphatic heterocycles. The summed E-state index contributed by atoms with van der Waals surface area (Å²) in [6.07, 6.45) is -0.563. The fourth-order valence-corrected chi connectivity index (χ4v) is 0.730. The standard InChI is InChI=1S/C8H15NO3S/c1-4-11-8(13)9-7(10)12-5-6(2)3/h6H,4-5H2,1-3H3,(H,9,10,13). The fraction of sp³-hybridized carbons (Fsp3) is 0.750. The van der Waals surface area contributed by atoms with E-state index in [-0.39, 0.29) is 5.17 Å². The number of nitrogens with one attached hydrogen (secondary N) is 1. The van der Waals surface area contributed by atoms with E-state index in [0.717, 1.165) is 0 Å². The Balaban J connectivity index is 3.56. The second kappa shape index (κ2) is 6.65. The molecule has 0 heterocycles. The Morgan fingerprint density at radius 2 is 2.08 bits per heavy atom. The molecular formula is C8H15NO3S. The third-order valence-electron chi connectivity index (χ3n) is 1.03. The van der Waals surface area contributed by atoms with Crippen LogP contribution in [0.3, 0.4) is 0 Å². The number of hydrogen-bond donors (Lipinski definition) is 1. The quantitative estimate of drug-likeness (QED) is 0.712. The first-order valence-corrected chi connectivity index (χ1v) is 4.57. The van der Waals surface area contributed by atoms with Gasteiger partial charge in [-0.3, -0.25) is 5.32 Å². The van der Waals surface area contributed by atoms with Crippen molar-refractivity contribution >= 4 is 23.5 Å². The van der Waals surface area contributed by atoms with Crippen molar-refractivity contribution in [3.8, 4) is 0 Å². The van der Waals surface area contributed by atoms with Crippen molar-refractivity contribution in [3.05, 3.63) is 0 Å². The zero-order valence-corrected chi connectivity index (χ0v) is 8.94. The maximum Gasteiger partial charge on any atom is 0.414 e. The lowest BCUT2D eigenvalue weighted by Gasteiger charge is -2.09. The van der Waals surface area contributed by atoms with Crippen LogP contribution < -0.4 is 5.32 Å². The zero-order chi connectivity index (χ0) is 10.3. The summed E-state index contributed by atoms with van der Waals surface area (Å²) in [5, 5.41) is 2.34. The largest absolute Gasteiger partial charge is 0.471 e. The normalized spacial score (nSPS) is 9.54. The number of ether oxygens (including phenoxy) is 2. The highest BCUT2D eigenvalue weighted by atomic mass is 32.1. The van der Waals surface area contributed by atoms with E-state index in [0.29, 0.717) is 19.1 Å². The highest BCUT2D eigenvalue weighted by molar-refractivity contribution is 7.80. The van der Waals surface area contributed by atoms with Crippen molar-refractivity contribution in [1.82, 2.24) is 5.32 Å². The number of alkyl carbamates (subject to hydrolysis) is 1. The minimum absolute atomic E-state index is 0.0521. The SMILES string of the molecule is CCOC(=S)NC(=O)OCC(C)C. The lowest BCUT2D eigenvalue weighted by molar-refractivity contribution is 0.136. The first-order chi connectivity index (χ1) is 6.06. The molecule has 5 heteroatoms. The average molecular weight is 205 g/mol. The molecule has 0 fully saturated rings. The van der Waals surface area contributed by atoms with Gasteiger partial charge >= 0.3 is 6.09 Å². The smallest absolute Gasteiger partial charge is 0.414 e. The van der Waals surface area contributed by atoms with Crippen molar-refractivity contribution in [2.75, 3.05) is 13.2 Å². The van der Waals surface area contributed by atoms with Gasteiger partial charge in [0.1, 0.15) is 0 Å². The van der Waals surface area contributed by atoms with E-state index in [2.05, 4.69) is 17.5 Å². The van der Waals surface area contributed by atoms with Crippen LogP contribution in [0.4, 0.5) is 4.79 Å². The summed E-state index contributed by atoms with van der Waals surface area (Å²) in [6, 6.07) is 0. The summed E-state index contributed by atoms with van der Waals surface area (Å²) in [4.78, 5) is 10.9. The van der Waals surface area contributed by atoms with E-state index < -0.39 is 6.09 Å². The van der Waals surface area contributed by atoms with Gasteiger partial charge in [-0.25, -0.2) is 4.79 Å². The molecular weight excluding hydrogens is 190 g/mol. The van der Waals surface area contributed by atoms with Gasteiger partial charge in [0, 0.05) is 0 Å². The Morgan fingerprint density at radius 1 is 1.46 bits per heavy atom. The average Bonchev–Trinajstić information content (AvgIpc) is 2.01. The topological polar surface area (TPSA) is 47.6 Å². The van der Waals surface area contributed by atoms with Crippen LogP contribution in [0.5, 0.6) is 0 Å². The molecule has 13 heavy (non-hydrogen) atoms. The van der Waals surface area contributed by atoms with E-state index in [9.17, 15) is 4.79 Å². The molecule has 0 rings (SSSR count). The van der Waals surface area contributed by atoms with Crippen molar-refractivity contribution in [3.63, 3.8) is 0 Å². The van der Waals surface area contributed by atoms with Crippen LogP contribution >= 0.6 is 12.2 Å². The van der Waals surface area contributed by atoms with E-state index >= 15 is 0 Å². The number of carbonyl (C=O) groups is 1. The maximum atomic E-state index is 10.9. The third-order valence-corrected chi connectivity index (χ3v) is 1.25. The Hall–Kier alpha value is -0.840. The molecule has 0 saturated carbocycles. The molecule has 0 bridgehead atoms.